The number of carbonyl (C=O) groups excluding carboxylic acids is 2. The molecule has 0 aliphatic carbocycles. The van der Waals surface area contributed by atoms with Gasteiger partial charge < -0.3 is 18.8 Å². The number of rotatable bonds is 9. The molecule has 1 heterocycles. The zero-order valence-corrected chi connectivity index (χ0v) is 22.8. The summed E-state index contributed by atoms with van der Waals surface area (Å²) in [4.78, 5) is 29.8. The molecule has 0 fully saturated rings. The second-order valence-corrected chi connectivity index (χ2v) is 10.6. The third-order valence-electron chi connectivity index (χ3n) is 5.49. The van der Waals surface area contributed by atoms with Crippen LogP contribution in [0.3, 0.4) is 0 Å². The van der Waals surface area contributed by atoms with Gasteiger partial charge in [-0.3, -0.25) is 14.3 Å². The van der Waals surface area contributed by atoms with Gasteiger partial charge in [-0.1, -0.05) is 11.3 Å². The average molecular weight is 574 g/mol. The highest BCUT2D eigenvalue weighted by atomic mass is 32.2. The Kier molecular flexibility index (Phi) is 8.31. The highest BCUT2D eigenvalue weighted by molar-refractivity contribution is 7.92. The molecule has 4 rings (SSSR count). The maximum absolute atomic E-state index is 13.1. The lowest BCUT2D eigenvalue weighted by atomic mass is 10.2. The van der Waals surface area contributed by atoms with Gasteiger partial charge in [0.25, 0.3) is 15.9 Å². The van der Waals surface area contributed by atoms with Crippen LogP contribution in [0.5, 0.6) is 11.5 Å². The lowest BCUT2D eigenvalue weighted by molar-refractivity contribution is -0.143. The van der Waals surface area contributed by atoms with E-state index < -0.39 is 27.7 Å². The summed E-state index contributed by atoms with van der Waals surface area (Å²) in [7, 11) is -0.964. The predicted molar refractivity (Wildman–Crippen MR) is 143 cm³/mol. The standard InChI is InChI=1S/C26H24FN3O7S2/c1-4-37-22(31)15-30-23-20(35-2)13-14-21(36-3)24(23)38-26(30)28-25(32)16-5-9-18(10-6-16)29-39(33,34)19-11-7-17(27)8-12-19/h5-14,29H,4,15H2,1-3H3. The minimum atomic E-state index is -3.96. The first-order chi connectivity index (χ1) is 18.7. The summed E-state index contributed by atoms with van der Waals surface area (Å²) in [6.07, 6.45) is 0. The molecule has 0 unspecified atom stereocenters. The van der Waals surface area contributed by atoms with Crippen molar-refractivity contribution in [3.63, 3.8) is 0 Å². The van der Waals surface area contributed by atoms with Gasteiger partial charge in [0.05, 0.1) is 25.7 Å². The van der Waals surface area contributed by atoms with Crippen LogP contribution >= 0.6 is 11.3 Å². The lowest BCUT2D eigenvalue weighted by Gasteiger charge is -2.10. The molecule has 0 aliphatic heterocycles. The van der Waals surface area contributed by atoms with Crippen LogP contribution in [0.25, 0.3) is 10.2 Å². The molecule has 1 aromatic heterocycles. The van der Waals surface area contributed by atoms with Crippen LogP contribution in [0.4, 0.5) is 10.1 Å². The Hall–Kier alpha value is -4.23. The van der Waals surface area contributed by atoms with Gasteiger partial charge in [0.15, 0.2) is 4.80 Å². The van der Waals surface area contributed by atoms with Crippen molar-refractivity contribution in [2.75, 3.05) is 25.5 Å². The molecule has 0 atom stereocenters. The molecule has 0 aliphatic rings. The number of sulfonamides is 1. The number of fused-ring (bicyclic) bond motifs is 1. The van der Waals surface area contributed by atoms with Crippen LogP contribution in [0, 0.1) is 5.82 Å². The molecule has 39 heavy (non-hydrogen) atoms. The van der Waals surface area contributed by atoms with Crippen LogP contribution in [0.2, 0.25) is 0 Å². The van der Waals surface area contributed by atoms with Gasteiger partial charge in [-0.25, -0.2) is 12.8 Å². The Morgan fingerprint density at radius 1 is 0.974 bits per heavy atom. The van der Waals surface area contributed by atoms with Gasteiger partial charge in [-0.05, 0) is 67.6 Å². The fourth-order valence-electron chi connectivity index (χ4n) is 3.68. The van der Waals surface area contributed by atoms with Crippen molar-refractivity contribution in [1.29, 1.82) is 0 Å². The largest absolute Gasteiger partial charge is 0.495 e. The molecule has 13 heteroatoms. The van der Waals surface area contributed by atoms with Gasteiger partial charge in [-0.15, -0.1) is 0 Å². The van der Waals surface area contributed by atoms with E-state index in [1.165, 1.54) is 43.1 Å². The molecule has 4 aromatic rings. The molecule has 1 N–H and O–H groups in total. The van der Waals surface area contributed by atoms with Crippen LogP contribution in [-0.2, 0) is 26.1 Å². The number of methoxy groups -OCH3 is 2. The number of anilines is 1. The van der Waals surface area contributed by atoms with Gasteiger partial charge in [0.1, 0.15) is 34.1 Å². The number of benzene rings is 3. The summed E-state index contributed by atoms with van der Waals surface area (Å²) in [5.41, 5.74) is 0.899. The maximum Gasteiger partial charge on any atom is 0.326 e. The first-order valence-electron chi connectivity index (χ1n) is 11.5. The van der Waals surface area contributed by atoms with E-state index in [0.717, 1.165) is 35.6 Å². The van der Waals surface area contributed by atoms with Crippen molar-refractivity contribution in [3.05, 3.63) is 76.8 Å². The number of hydrogen-bond acceptors (Lipinski definition) is 8. The van der Waals surface area contributed by atoms with Crippen molar-refractivity contribution in [3.8, 4) is 11.5 Å². The summed E-state index contributed by atoms with van der Waals surface area (Å²) in [6, 6.07) is 13.4. The van der Waals surface area contributed by atoms with E-state index in [-0.39, 0.29) is 34.1 Å². The first kappa shape index (κ1) is 27.8. The number of thiazole rings is 1. The minimum absolute atomic E-state index is 0.110. The normalized spacial score (nSPS) is 11.8. The van der Waals surface area contributed by atoms with Gasteiger partial charge in [0, 0.05) is 11.3 Å². The van der Waals surface area contributed by atoms with E-state index in [0.29, 0.717) is 21.7 Å². The Labute approximate surface area is 227 Å². The molecule has 1 amide bonds. The third-order valence-corrected chi connectivity index (χ3v) is 7.98. The highest BCUT2D eigenvalue weighted by Gasteiger charge is 2.20. The van der Waals surface area contributed by atoms with E-state index in [2.05, 4.69) is 9.71 Å². The molecule has 0 saturated carbocycles. The Balaban J connectivity index is 1.69. The molecule has 0 saturated heterocycles. The highest BCUT2D eigenvalue weighted by Crippen LogP contribution is 2.35. The number of ether oxygens (including phenoxy) is 3. The van der Waals surface area contributed by atoms with Crippen molar-refractivity contribution in [2.24, 2.45) is 4.99 Å². The van der Waals surface area contributed by atoms with Gasteiger partial charge in [0.2, 0.25) is 0 Å². The van der Waals surface area contributed by atoms with E-state index in [4.69, 9.17) is 14.2 Å². The Morgan fingerprint density at radius 2 is 1.62 bits per heavy atom. The lowest BCUT2D eigenvalue weighted by Crippen LogP contribution is -2.23. The first-order valence-corrected chi connectivity index (χ1v) is 13.8. The van der Waals surface area contributed by atoms with Crippen molar-refractivity contribution in [2.45, 2.75) is 18.4 Å². The molecule has 0 spiro atoms. The summed E-state index contributed by atoms with van der Waals surface area (Å²) in [5, 5.41) is 0. The number of aromatic nitrogens is 1. The number of halogens is 1. The summed E-state index contributed by atoms with van der Waals surface area (Å²) in [5.74, 6) is -0.725. The molecule has 0 radical (unpaired) electrons. The zero-order valence-electron chi connectivity index (χ0n) is 21.1. The van der Waals surface area contributed by atoms with E-state index in [1.807, 2.05) is 0 Å². The molecular formula is C26H24FN3O7S2. The molecule has 3 aromatic carbocycles. The molecule has 204 valence electrons. The fourth-order valence-corrected chi connectivity index (χ4v) is 5.88. The Bertz CT molecular complexity index is 1690. The van der Waals surface area contributed by atoms with Crippen molar-refractivity contribution < 1.29 is 36.6 Å². The summed E-state index contributed by atoms with van der Waals surface area (Å²) >= 11 is 1.14. The Morgan fingerprint density at radius 3 is 2.23 bits per heavy atom. The molecule has 0 bridgehead atoms. The van der Waals surface area contributed by atoms with E-state index >= 15 is 0 Å². The van der Waals surface area contributed by atoms with Gasteiger partial charge >= 0.3 is 5.97 Å². The second kappa shape index (κ2) is 11.7. The van der Waals surface area contributed by atoms with Crippen LogP contribution < -0.4 is 19.0 Å². The third kappa shape index (κ3) is 6.10. The topological polar surface area (TPSA) is 125 Å². The van der Waals surface area contributed by atoms with Gasteiger partial charge in [-0.2, -0.15) is 4.99 Å². The maximum atomic E-state index is 13.1. The van der Waals surface area contributed by atoms with Crippen molar-refractivity contribution in [1.82, 2.24) is 4.57 Å². The smallest absolute Gasteiger partial charge is 0.326 e. The van der Waals surface area contributed by atoms with Crippen LogP contribution in [0.15, 0.2) is 70.6 Å². The summed E-state index contributed by atoms with van der Waals surface area (Å²) < 4.78 is 58.8. The average Bonchev–Trinajstić information content (AvgIpc) is 3.26. The van der Waals surface area contributed by atoms with Crippen LogP contribution in [0.1, 0.15) is 17.3 Å². The number of carbonyl (C=O) groups is 2. The summed E-state index contributed by atoms with van der Waals surface area (Å²) in [6.45, 7) is 1.66. The quantitative estimate of drug-likeness (QED) is 0.301. The van der Waals surface area contributed by atoms with E-state index in [9.17, 15) is 22.4 Å². The number of hydrogen-bond donors (Lipinski definition) is 1. The van der Waals surface area contributed by atoms with Crippen LogP contribution in [-0.4, -0.2) is 45.7 Å². The fraction of sp³-hybridized carbons (Fsp3) is 0.192. The number of amides is 1. The molecule has 10 nitrogen and oxygen atoms in total. The zero-order chi connectivity index (χ0) is 28.2. The minimum Gasteiger partial charge on any atom is -0.495 e. The number of nitrogens with zero attached hydrogens (tertiary/aromatic N) is 2. The van der Waals surface area contributed by atoms with E-state index in [1.54, 1.807) is 19.1 Å². The molecular weight excluding hydrogens is 549 g/mol. The predicted octanol–water partition coefficient (Wildman–Crippen LogP) is 3.96. The SMILES string of the molecule is CCOC(=O)Cn1c(=NC(=O)c2ccc(NS(=O)(=O)c3ccc(F)cc3)cc2)sc2c(OC)ccc(OC)c21. The number of esters is 1. The van der Waals surface area contributed by atoms with Crippen molar-refractivity contribution >= 4 is 49.1 Å². The monoisotopic (exact) mass is 573 g/mol. The second-order valence-electron chi connectivity index (χ2n) is 7.98. The number of nitrogens with one attached hydrogen (secondary N) is 1.